The molecule has 0 saturated heterocycles. The van der Waals surface area contributed by atoms with Crippen molar-refractivity contribution in [2.45, 2.75) is 60.5 Å². The van der Waals surface area contributed by atoms with Gasteiger partial charge in [-0.3, -0.25) is 4.79 Å². The number of ether oxygens (including phenoxy) is 1. The van der Waals surface area contributed by atoms with Crippen LogP contribution >= 0.6 is 11.8 Å². The Morgan fingerprint density at radius 1 is 1.16 bits per heavy atom. The number of hydrogen-bond donors (Lipinski definition) is 1. The molecular formula is C23H29N3O4S2. The summed E-state index contributed by atoms with van der Waals surface area (Å²) >= 11 is 1.29. The highest BCUT2D eigenvalue weighted by Gasteiger charge is 2.29. The first-order chi connectivity index (χ1) is 15.4. The van der Waals surface area contributed by atoms with Gasteiger partial charge in [-0.2, -0.15) is 4.31 Å². The first-order valence-corrected chi connectivity index (χ1v) is 13.5. The van der Waals surface area contributed by atoms with Gasteiger partial charge in [-0.25, -0.2) is 13.4 Å². The molecule has 1 aliphatic carbocycles. The van der Waals surface area contributed by atoms with Gasteiger partial charge in [-0.05, 0) is 31.0 Å². The minimum Gasteiger partial charge on any atom is -0.493 e. The van der Waals surface area contributed by atoms with Gasteiger partial charge in [0.25, 0.3) is 0 Å². The third-order valence-electron chi connectivity index (χ3n) is 6.12. The Balaban J connectivity index is 1.32. The smallest absolute Gasteiger partial charge is 0.244 e. The zero-order chi connectivity index (χ0) is 22.6. The topological polar surface area (TPSA) is 88.6 Å². The first-order valence-electron chi connectivity index (χ1n) is 11.0. The molecular weight excluding hydrogens is 446 g/mol. The molecule has 0 spiro atoms. The molecule has 1 aliphatic heterocycles. The van der Waals surface area contributed by atoms with Crippen molar-refractivity contribution in [1.29, 1.82) is 0 Å². The molecule has 1 aromatic heterocycles. The van der Waals surface area contributed by atoms with Gasteiger partial charge in [0.05, 0.1) is 23.4 Å². The van der Waals surface area contributed by atoms with E-state index in [1.807, 2.05) is 24.3 Å². The fourth-order valence-electron chi connectivity index (χ4n) is 4.28. The molecule has 1 aromatic carbocycles. The number of rotatable bonds is 7. The van der Waals surface area contributed by atoms with Crippen LogP contribution in [-0.2, 0) is 14.8 Å². The molecule has 1 fully saturated rings. The summed E-state index contributed by atoms with van der Waals surface area (Å²) in [7, 11) is -1.90. The Kier molecular flexibility index (Phi) is 7.37. The van der Waals surface area contributed by atoms with E-state index < -0.39 is 10.0 Å². The van der Waals surface area contributed by atoms with Gasteiger partial charge < -0.3 is 10.1 Å². The molecule has 2 heterocycles. The minimum absolute atomic E-state index is 0.0572. The highest BCUT2D eigenvalue weighted by atomic mass is 32.2. The number of thioether (sulfide) groups is 1. The summed E-state index contributed by atoms with van der Waals surface area (Å²) in [6.07, 6.45) is 7.25. The number of benzene rings is 1. The summed E-state index contributed by atoms with van der Waals surface area (Å²) in [5.41, 5.74) is 0.992. The average Bonchev–Trinajstić information content (AvgIpc) is 2.83. The monoisotopic (exact) mass is 475 g/mol. The number of nitrogens with zero attached hydrogens (tertiary/aromatic N) is 2. The van der Waals surface area contributed by atoms with Crippen LogP contribution in [0.15, 0.2) is 52.5 Å². The van der Waals surface area contributed by atoms with E-state index in [1.165, 1.54) is 28.7 Å². The Bertz CT molecular complexity index is 1040. The lowest BCUT2D eigenvalue weighted by molar-refractivity contribution is -0.119. The van der Waals surface area contributed by atoms with Crippen molar-refractivity contribution in [2.75, 3.05) is 19.4 Å². The number of hydrogen-bond acceptors (Lipinski definition) is 6. The molecule has 1 saturated carbocycles. The van der Waals surface area contributed by atoms with E-state index in [2.05, 4.69) is 10.3 Å². The number of para-hydroxylation sites is 1. The third kappa shape index (κ3) is 5.27. The zero-order valence-corrected chi connectivity index (χ0v) is 19.8. The number of sulfonamides is 1. The maximum absolute atomic E-state index is 12.9. The van der Waals surface area contributed by atoms with Crippen molar-refractivity contribution in [3.63, 3.8) is 0 Å². The van der Waals surface area contributed by atoms with E-state index in [9.17, 15) is 13.2 Å². The molecule has 2 aliphatic rings. The van der Waals surface area contributed by atoms with Crippen molar-refractivity contribution in [3.05, 3.63) is 48.2 Å². The fourth-order valence-corrected chi connectivity index (χ4v) is 6.29. The Labute approximate surface area is 194 Å². The highest BCUT2D eigenvalue weighted by Crippen LogP contribution is 2.32. The van der Waals surface area contributed by atoms with E-state index in [4.69, 9.17) is 4.74 Å². The number of carbonyl (C=O) groups is 1. The minimum atomic E-state index is -3.56. The van der Waals surface area contributed by atoms with Gasteiger partial charge in [0, 0.05) is 31.3 Å². The van der Waals surface area contributed by atoms with E-state index >= 15 is 0 Å². The number of nitrogens with one attached hydrogen (secondary N) is 1. The average molecular weight is 476 g/mol. The fraction of sp³-hybridized carbons (Fsp3) is 0.478. The molecule has 1 atom stereocenters. The SMILES string of the molecule is CN(C1CCCCC1)S(=O)(=O)c1ccc(SCC(=O)NC2CCOc3ccccc32)nc1. The number of fused-ring (bicyclic) bond motifs is 1. The maximum Gasteiger partial charge on any atom is 0.244 e. The van der Waals surface area contributed by atoms with Gasteiger partial charge in [0.2, 0.25) is 15.9 Å². The summed E-state index contributed by atoms with van der Waals surface area (Å²) < 4.78 is 33.0. The van der Waals surface area contributed by atoms with Crippen LogP contribution in [0.5, 0.6) is 5.75 Å². The Morgan fingerprint density at radius 3 is 2.69 bits per heavy atom. The second-order valence-electron chi connectivity index (χ2n) is 8.23. The molecule has 7 nitrogen and oxygen atoms in total. The summed E-state index contributed by atoms with van der Waals surface area (Å²) in [4.78, 5) is 17.0. The molecule has 1 N–H and O–H groups in total. The van der Waals surface area contributed by atoms with Crippen molar-refractivity contribution < 1.29 is 17.9 Å². The maximum atomic E-state index is 12.9. The van der Waals surface area contributed by atoms with Crippen LogP contribution in [0, 0.1) is 0 Å². The number of amides is 1. The van der Waals surface area contributed by atoms with Crippen LogP contribution in [-0.4, -0.2) is 49.1 Å². The summed E-state index contributed by atoms with van der Waals surface area (Å²) in [5, 5.41) is 3.68. The van der Waals surface area contributed by atoms with Crippen LogP contribution in [0.2, 0.25) is 0 Å². The van der Waals surface area contributed by atoms with Crippen LogP contribution in [0.1, 0.15) is 50.1 Å². The molecule has 1 unspecified atom stereocenters. The van der Waals surface area contributed by atoms with E-state index in [-0.39, 0.29) is 28.6 Å². The van der Waals surface area contributed by atoms with Crippen LogP contribution < -0.4 is 10.1 Å². The zero-order valence-electron chi connectivity index (χ0n) is 18.2. The van der Waals surface area contributed by atoms with Crippen molar-refractivity contribution in [3.8, 4) is 5.75 Å². The van der Waals surface area contributed by atoms with Crippen molar-refractivity contribution in [1.82, 2.24) is 14.6 Å². The van der Waals surface area contributed by atoms with Gasteiger partial charge in [0.1, 0.15) is 10.6 Å². The lowest BCUT2D eigenvalue weighted by Crippen LogP contribution is -2.38. The van der Waals surface area contributed by atoms with Gasteiger partial charge in [-0.15, -0.1) is 0 Å². The van der Waals surface area contributed by atoms with E-state index in [0.29, 0.717) is 11.6 Å². The van der Waals surface area contributed by atoms with Crippen molar-refractivity contribution >= 4 is 27.7 Å². The number of aromatic nitrogens is 1. The lowest BCUT2D eigenvalue weighted by Gasteiger charge is -2.30. The Hall–Kier alpha value is -2.10. The molecule has 32 heavy (non-hydrogen) atoms. The summed E-state index contributed by atoms with van der Waals surface area (Å²) in [6.45, 7) is 0.571. The lowest BCUT2D eigenvalue weighted by atomic mass is 9.96. The predicted octanol–water partition coefficient (Wildman–Crippen LogP) is 3.77. The van der Waals surface area contributed by atoms with Crippen molar-refractivity contribution in [2.24, 2.45) is 0 Å². The molecule has 4 rings (SSSR count). The van der Waals surface area contributed by atoms with Crippen LogP contribution in [0.3, 0.4) is 0 Å². The van der Waals surface area contributed by atoms with Gasteiger partial charge in [0.15, 0.2) is 0 Å². The van der Waals surface area contributed by atoms with E-state index in [1.54, 1.807) is 19.2 Å². The molecule has 0 bridgehead atoms. The van der Waals surface area contributed by atoms with Gasteiger partial charge >= 0.3 is 0 Å². The molecule has 1 amide bonds. The highest BCUT2D eigenvalue weighted by molar-refractivity contribution is 7.99. The number of carbonyl (C=O) groups excluding carboxylic acids is 1. The van der Waals surface area contributed by atoms with Crippen LogP contribution in [0.4, 0.5) is 0 Å². The summed E-state index contributed by atoms with van der Waals surface area (Å²) in [6, 6.07) is 11.0. The quantitative estimate of drug-likeness (QED) is 0.614. The second kappa shape index (κ2) is 10.2. The van der Waals surface area contributed by atoms with E-state index in [0.717, 1.165) is 43.4 Å². The second-order valence-corrected chi connectivity index (χ2v) is 11.2. The third-order valence-corrected chi connectivity index (χ3v) is 8.96. The Morgan fingerprint density at radius 2 is 1.94 bits per heavy atom. The molecule has 9 heteroatoms. The number of pyridine rings is 1. The molecule has 2 aromatic rings. The molecule has 0 radical (unpaired) electrons. The first kappa shape index (κ1) is 23.1. The standard InChI is InChI=1S/C23H29N3O4S2/c1-26(17-7-3-2-4-8-17)32(28,29)18-11-12-23(24-15-18)31-16-22(27)25-20-13-14-30-21-10-6-5-9-19(20)21/h5-6,9-12,15,17,20H,2-4,7-8,13-14,16H2,1H3,(H,25,27). The largest absolute Gasteiger partial charge is 0.493 e. The summed E-state index contributed by atoms with van der Waals surface area (Å²) in [5.74, 6) is 0.932. The van der Waals surface area contributed by atoms with Crippen LogP contribution in [0.25, 0.3) is 0 Å². The predicted molar refractivity (Wildman–Crippen MR) is 124 cm³/mol. The van der Waals surface area contributed by atoms with Gasteiger partial charge in [-0.1, -0.05) is 49.2 Å². The molecule has 172 valence electrons. The normalized spacial score (nSPS) is 19.2.